The van der Waals surface area contributed by atoms with Crippen LogP contribution in [0.4, 0.5) is 5.69 Å². The van der Waals surface area contributed by atoms with Gasteiger partial charge in [0.05, 0.1) is 18.3 Å². The van der Waals surface area contributed by atoms with Gasteiger partial charge in [0.2, 0.25) is 12.7 Å². The van der Waals surface area contributed by atoms with Crippen molar-refractivity contribution in [1.82, 2.24) is 14.6 Å². The Kier molecular flexibility index (Phi) is 4.47. The number of rotatable bonds is 5. The van der Waals surface area contributed by atoms with Gasteiger partial charge < -0.3 is 19.9 Å². The van der Waals surface area contributed by atoms with Crippen LogP contribution in [-0.2, 0) is 11.2 Å². The number of nitrogens with zero attached hydrogens (tertiary/aromatic N) is 3. The number of ether oxygens (including phenoxy) is 2. The van der Waals surface area contributed by atoms with Crippen molar-refractivity contribution in [2.24, 2.45) is 0 Å². The van der Waals surface area contributed by atoms with E-state index >= 15 is 0 Å². The zero-order valence-corrected chi connectivity index (χ0v) is 16.1. The second-order valence-corrected chi connectivity index (χ2v) is 6.92. The molecule has 1 aliphatic heterocycles. The van der Waals surface area contributed by atoms with Crippen LogP contribution in [0.5, 0.6) is 11.5 Å². The molecule has 0 atom stereocenters. The van der Waals surface area contributed by atoms with Crippen LogP contribution < -0.4 is 14.8 Å². The van der Waals surface area contributed by atoms with E-state index in [0.717, 1.165) is 11.1 Å². The van der Waals surface area contributed by atoms with Crippen molar-refractivity contribution in [3.8, 4) is 22.8 Å². The third-order valence-electron chi connectivity index (χ3n) is 4.88. The SMILES string of the molecule is O=C(Cc1ccc2c(c1)OCO2)Nc1cccc(-c2ccnc3c(C(=O)O)cnn23)c1. The molecule has 0 spiro atoms. The monoisotopic (exact) mass is 416 g/mol. The molecule has 0 radical (unpaired) electrons. The molecule has 2 aromatic heterocycles. The molecule has 154 valence electrons. The first kappa shape index (κ1) is 18.6. The van der Waals surface area contributed by atoms with Gasteiger partial charge in [-0.1, -0.05) is 18.2 Å². The van der Waals surface area contributed by atoms with E-state index in [1.807, 2.05) is 12.1 Å². The number of amides is 1. The van der Waals surface area contributed by atoms with Crippen LogP contribution in [0.1, 0.15) is 15.9 Å². The molecule has 2 N–H and O–H groups in total. The lowest BCUT2D eigenvalue weighted by Gasteiger charge is -2.09. The molecule has 5 rings (SSSR count). The summed E-state index contributed by atoms with van der Waals surface area (Å²) >= 11 is 0. The lowest BCUT2D eigenvalue weighted by Crippen LogP contribution is -2.14. The van der Waals surface area contributed by atoms with Crippen molar-refractivity contribution in [3.63, 3.8) is 0 Å². The lowest BCUT2D eigenvalue weighted by atomic mass is 10.1. The lowest BCUT2D eigenvalue weighted by molar-refractivity contribution is -0.115. The molecule has 2 aromatic carbocycles. The second-order valence-electron chi connectivity index (χ2n) is 6.92. The third-order valence-corrected chi connectivity index (χ3v) is 4.88. The Morgan fingerprint density at radius 2 is 1.97 bits per heavy atom. The molecule has 0 bridgehead atoms. The van der Waals surface area contributed by atoms with E-state index in [9.17, 15) is 14.7 Å². The number of fused-ring (bicyclic) bond motifs is 2. The Labute approximate surface area is 175 Å². The minimum Gasteiger partial charge on any atom is -0.477 e. The smallest absolute Gasteiger partial charge is 0.341 e. The number of carbonyl (C=O) groups excluding carboxylic acids is 1. The molecular weight excluding hydrogens is 400 g/mol. The minimum absolute atomic E-state index is 0.0232. The molecule has 3 heterocycles. The predicted octanol–water partition coefficient (Wildman–Crippen LogP) is 3.00. The van der Waals surface area contributed by atoms with Crippen molar-refractivity contribution in [2.45, 2.75) is 6.42 Å². The fourth-order valence-electron chi connectivity index (χ4n) is 3.46. The Bertz CT molecular complexity index is 1330. The number of hydrogen-bond donors (Lipinski definition) is 2. The average molecular weight is 416 g/mol. The van der Waals surface area contributed by atoms with E-state index in [-0.39, 0.29) is 30.3 Å². The van der Waals surface area contributed by atoms with Gasteiger partial charge in [0, 0.05) is 17.4 Å². The molecule has 0 saturated heterocycles. The number of benzene rings is 2. The summed E-state index contributed by atoms with van der Waals surface area (Å²) in [4.78, 5) is 28.0. The molecule has 9 heteroatoms. The van der Waals surface area contributed by atoms with Gasteiger partial charge in [-0.05, 0) is 35.9 Å². The van der Waals surface area contributed by atoms with Gasteiger partial charge in [-0.3, -0.25) is 4.79 Å². The van der Waals surface area contributed by atoms with Gasteiger partial charge in [-0.15, -0.1) is 0 Å². The predicted molar refractivity (Wildman–Crippen MR) is 110 cm³/mol. The zero-order chi connectivity index (χ0) is 21.4. The standard InChI is InChI=1S/C22H16N4O5/c27-20(9-13-4-5-18-19(8-13)31-12-30-18)25-15-3-1-2-14(10-15)17-6-7-23-21-16(22(28)29)11-24-26(17)21/h1-8,10-11H,9,12H2,(H,25,27)(H,28,29). The van der Waals surface area contributed by atoms with Gasteiger partial charge >= 0.3 is 5.97 Å². The summed E-state index contributed by atoms with van der Waals surface area (Å²) in [6.07, 6.45) is 2.98. The summed E-state index contributed by atoms with van der Waals surface area (Å²) in [7, 11) is 0. The van der Waals surface area contributed by atoms with Crippen molar-refractivity contribution in [3.05, 3.63) is 72.1 Å². The molecule has 1 amide bonds. The van der Waals surface area contributed by atoms with Crippen LogP contribution in [0.25, 0.3) is 16.9 Å². The Morgan fingerprint density at radius 3 is 2.84 bits per heavy atom. The third kappa shape index (κ3) is 3.52. The highest BCUT2D eigenvalue weighted by atomic mass is 16.7. The van der Waals surface area contributed by atoms with E-state index in [2.05, 4.69) is 15.4 Å². The number of aromatic carboxylic acids is 1. The number of anilines is 1. The molecule has 4 aromatic rings. The van der Waals surface area contributed by atoms with E-state index < -0.39 is 5.97 Å². The highest BCUT2D eigenvalue weighted by molar-refractivity contribution is 5.95. The summed E-state index contributed by atoms with van der Waals surface area (Å²) in [5.74, 6) is 0.0338. The van der Waals surface area contributed by atoms with Crippen LogP contribution in [0, 0.1) is 0 Å². The molecule has 9 nitrogen and oxygen atoms in total. The maximum Gasteiger partial charge on any atom is 0.341 e. The number of nitrogens with one attached hydrogen (secondary N) is 1. The first-order valence-corrected chi connectivity index (χ1v) is 9.43. The highest BCUT2D eigenvalue weighted by Crippen LogP contribution is 2.32. The normalized spacial score (nSPS) is 12.1. The summed E-state index contributed by atoms with van der Waals surface area (Å²) in [6.45, 7) is 0.185. The van der Waals surface area contributed by atoms with Gasteiger partial charge in [-0.25, -0.2) is 14.3 Å². The van der Waals surface area contributed by atoms with Crippen molar-refractivity contribution < 1.29 is 24.2 Å². The Balaban J connectivity index is 1.38. The van der Waals surface area contributed by atoms with Crippen LogP contribution in [-0.4, -0.2) is 38.4 Å². The summed E-state index contributed by atoms with van der Waals surface area (Å²) in [6, 6.07) is 14.4. The van der Waals surface area contributed by atoms with Crippen LogP contribution in [0.2, 0.25) is 0 Å². The quantitative estimate of drug-likeness (QED) is 0.514. The number of hydrogen-bond acceptors (Lipinski definition) is 6. The fourth-order valence-corrected chi connectivity index (χ4v) is 3.46. The number of carbonyl (C=O) groups is 2. The molecule has 0 fully saturated rings. The van der Waals surface area contributed by atoms with Gasteiger partial charge in [0.1, 0.15) is 5.56 Å². The van der Waals surface area contributed by atoms with E-state index in [4.69, 9.17) is 9.47 Å². The highest BCUT2D eigenvalue weighted by Gasteiger charge is 2.16. The molecular formula is C22H16N4O5. The van der Waals surface area contributed by atoms with Crippen LogP contribution in [0.3, 0.4) is 0 Å². The van der Waals surface area contributed by atoms with Gasteiger partial charge in [0.15, 0.2) is 17.1 Å². The molecule has 0 saturated carbocycles. The number of carboxylic acids is 1. The van der Waals surface area contributed by atoms with Gasteiger partial charge in [0.25, 0.3) is 0 Å². The van der Waals surface area contributed by atoms with E-state index in [0.29, 0.717) is 22.9 Å². The summed E-state index contributed by atoms with van der Waals surface area (Å²) < 4.78 is 12.1. The number of carboxylic acid groups (broad SMARTS) is 1. The van der Waals surface area contributed by atoms with Crippen molar-refractivity contribution in [2.75, 3.05) is 12.1 Å². The summed E-state index contributed by atoms with van der Waals surface area (Å²) in [5.41, 5.74) is 3.11. The number of aromatic nitrogens is 3. The Morgan fingerprint density at radius 1 is 1.10 bits per heavy atom. The minimum atomic E-state index is -1.09. The molecule has 0 aliphatic carbocycles. The van der Waals surface area contributed by atoms with Gasteiger partial charge in [-0.2, -0.15) is 5.10 Å². The average Bonchev–Trinajstić information content (AvgIpc) is 3.40. The molecule has 1 aliphatic rings. The van der Waals surface area contributed by atoms with Crippen LogP contribution >= 0.6 is 0 Å². The second kappa shape index (κ2) is 7.45. The van der Waals surface area contributed by atoms with Crippen molar-refractivity contribution >= 4 is 23.2 Å². The van der Waals surface area contributed by atoms with E-state index in [1.165, 1.54) is 16.9 Å². The zero-order valence-electron chi connectivity index (χ0n) is 16.1. The largest absolute Gasteiger partial charge is 0.477 e. The topological polar surface area (TPSA) is 115 Å². The molecule has 0 unspecified atom stereocenters. The first-order valence-electron chi connectivity index (χ1n) is 9.43. The van der Waals surface area contributed by atoms with Crippen LogP contribution in [0.15, 0.2) is 60.9 Å². The maximum absolute atomic E-state index is 12.5. The fraction of sp³-hybridized carbons (Fsp3) is 0.0909. The van der Waals surface area contributed by atoms with E-state index in [1.54, 1.807) is 36.4 Å². The van der Waals surface area contributed by atoms with Crippen molar-refractivity contribution in [1.29, 1.82) is 0 Å². The molecule has 31 heavy (non-hydrogen) atoms. The maximum atomic E-state index is 12.5. The Hall–Kier alpha value is -4.40. The summed E-state index contributed by atoms with van der Waals surface area (Å²) in [5, 5.41) is 16.3. The first-order chi connectivity index (χ1) is 15.1.